The van der Waals surface area contributed by atoms with Crippen LogP contribution in [0, 0.1) is 5.92 Å². The van der Waals surface area contributed by atoms with Crippen molar-refractivity contribution in [3.63, 3.8) is 0 Å². The highest BCUT2D eigenvalue weighted by molar-refractivity contribution is 6.74. The van der Waals surface area contributed by atoms with Gasteiger partial charge in [0.25, 0.3) is 0 Å². The molecule has 29 heavy (non-hydrogen) atoms. The van der Waals surface area contributed by atoms with Gasteiger partial charge in [-0.05, 0) is 50.4 Å². The summed E-state index contributed by atoms with van der Waals surface area (Å²) in [5.41, 5.74) is -1.60. The smallest absolute Gasteiger partial charge is 0.204 e. The van der Waals surface area contributed by atoms with Gasteiger partial charge in [0, 0.05) is 12.3 Å². The van der Waals surface area contributed by atoms with Gasteiger partial charge in [-0.2, -0.15) is 0 Å². The lowest BCUT2D eigenvalue weighted by Gasteiger charge is -2.48. The van der Waals surface area contributed by atoms with Crippen LogP contribution in [-0.2, 0) is 24.3 Å². The molecule has 0 amide bonds. The van der Waals surface area contributed by atoms with Crippen LogP contribution in [-0.4, -0.2) is 37.0 Å². The lowest BCUT2D eigenvalue weighted by atomic mass is 9.71. The van der Waals surface area contributed by atoms with Crippen LogP contribution in [0.5, 0.6) is 0 Å². The van der Waals surface area contributed by atoms with Gasteiger partial charge in [0.05, 0.1) is 11.7 Å². The Kier molecular flexibility index (Phi) is 3.72. The molecule has 0 aromatic heterocycles. The first-order valence-corrected chi connectivity index (χ1v) is 13.9. The summed E-state index contributed by atoms with van der Waals surface area (Å²) < 4.78 is 20.2. The maximum atomic E-state index is 14.1. The number of Topliss-reactive ketones (excluding diaryl/α,β-unsaturated/α-hetero) is 1. The molecule has 4 fully saturated rings. The number of benzene rings is 1. The van der Waals surface area contributed by atoms with Crippen molar-refractivity contribution in [3.8, 4) is 0 Å². The van der Waals surface area contributed by atoms with Crippen LogP contribution < -0.4 is 0 Å². The van der Waals surface area contributed by atoms with Crippen molar-refractivity contribution < 1.29 is 18.7 Å². The van der Waals surface area contributed by atoms with E-state index in [2.05, 4.69) is 47.7 Å². The van der Waals surface area contributed by atoms with Crippen LogP contribution in [0.15, 0.2) is 30.3 Å². The van der Waals surface area contributed by atoms with E-state index < -0.39 is 25.1 Å². The summed E-state index contributed by atoms with van der Waals surface area (Å²) in [7, 11) is -2.04. The van der Waals surface area contributed by atoms with Gasteiger partial charge in [0.1, 0.15) is 5.60 Å². The molecule has 0 N–H and O–H groups in total. The monoisotopic (exact) mass is 414 g/mol. The van der Waals surface area contributed by atoms with Crippen molar-refractivity contribution in [2.45, 2.75) is 101 Å². The first kappa shape index (κ1) is 19.9. The average Bonchev–Trinajstić information content (AvgIpc) is 2.97. The van der Waals surface area contributed by atoms with E-state index in [1.807, 2.05) is 30.3 Å². The van der Waals surface area contributed by atoms with E-state index in [4.69, 9.17) is 13.9 Å². The summed E-state index contributed by atoms with van der Waals surface area (Å²) >= 11 is 0. The van der Waals surface area contributed by atoms with E-state index in [1.165, 1.54) is 0 Å². The maximum absolute atomic E-state index is 14.1. The van der Waals surface area contributed by atoms with E-state index in [9.17, 15) is 4.79 Å². The standard InChI is InChI=1S/C24H34O4Si/c1-20(2,3)29(6,7)26-18-15-23(16-11-9-8-10-12-16)19(25)24-17(22(18,5)28-23)13-14-21(24,4)27-24/h8-12,17-18H,13-15H2,1-7H3/t17-,18+,21-,22-,23+,24-/m0/s1. The average molecular weight is 415 g/mol. The molecule has 1 aromatic carbocycles. The highest BCUT2D eigenvalue weighted by Gasteiger charge is 2.88. The highest BCUT2D eigenvalue weighted by atomic mass is 28.4. The third-order valence-corrected chi connectivity index (χ3v) is 13.4. The van der Waals surface area contributed by atoms with Crippen molar-refractivity contribution in [2.75, 3.05) is 0 Å². The van der Waals surface area contributed by atoms with Crippen molar-refractivity contribution >= 4 is 14.1 Å². The minimum Gasteiger partial charge on any atom is -0.411 e. The molecule has 1 saturated carbocycles. The van der Waals surface area contributed by atoms with Crippen molar-refractivity contribution in [1.29, 1.82) is 0 Å². The molecule has 1 spiro atoms. The lowest BCUT2D eigenvalue weighted by Crippen LogP contribution is -2.61. The highest BCUT2D eigenvalue weighted by Crippen LogP contribution is 2.74. The quantitative estimate of drug-likeness (QED) is 0.517. The Hall–Kier alpha value is -1.01. The zero-order chi connectivity index (χ0) is 21.1. The topological polar surface area (TPSA) is 48.1 Å². The van der Waals surface area contributed by atoms with Gasteiger partial charge in [-0.25, -0.2) is 0 Å². The zero-order valence-electron chi connectivity index (χ0n) is 18.8. The third kappa shape index (κ3) is 2.23. The van der Waals surface area contributed by atoms with Crippen molar-refractivity contribution in [2.24, 2.45) is 5.92 Å². The number of epoxide rings is 1. The van der Waals surface area contributed by atoms with Gasteiger partial charge in [-0.1, -0.05) is 51.1 Å². The fraction of sp³-hybridized carbons (Fsp3) is 0.708. The van der Waals surface area contributed by atoms with Gasteiger partial charge in [0.15, 0.2) is 19.5 Å². The Morgan fingerprint density at radius 3 is 2.34 bits per heavy atom. The van der Waals surface area contributed by atoms with Gasteiger partial charge in [-0.3, -0.25) is 4.79 Å². The summed E-state index contributed by atoms with van der Waals surface area (Å²) in [4.78, 5) is 14.1. The Balaban J connectivity index is 1.64. The Bertz CT molecular complexity index is 877. The van der Waals surface area contributed by atoms with Crippen LogP contribution in [0.1, 0.15) is 59.4 Å². The van der Waals surface area contributed by atoms with Crippen LogP contribution >= 0.6 is 0 Å². The van der Waals surface area contributed by atoms with Crippen LogP contribution in [0.3, 0.4) is 0 Å². The number of carbonyl (C=O) groups excluding carboxylic acids is 1. The molecule has 5 rings (SSSR count). The summed E-state index contributed by atoms with van der Waals surface area (Å²) in [6, 6.07) is 10.0. The number of hydrogen-bond acceptors (Lipinski definition) is 4. The van der Waals surface area contributed by atoms with Crippen molar-refractivity contribution in [1.82, 2.24) is 0 Å². The van der Waals surface area contributed by atoms with E-state index in [0.29, 0.717) is 6.42 Å². The fourth-order valence-corrected chi connectivity index (χ4v) is 7.53. The van der Waals surface area contributed by atoms with E-state index in [0.717, 1.165) is 18.4 Å². The summed E-state index contributed by atoms with van der Waals surface area (Å²) in [5, 5.41) is 0.0991. The second-order valence-corrected chi connectivity index (χ2v) is 16.3. The molecule has 2 bridgehead atoms. The predicted octanol–water partition coefficient (Wildman–Crippen LogP) is 4.97. The minimum atomic E-state index is -2.04. The number of ether oxygens (including phenoxy) is 2. The van der Waals surface area contributed by atoms with Crippen molar-refractivity contribution in [3.05, 3.63) is 35.9 Å². The largest absolute Gasteiger partial charge is 0.411 e. The van der Waals surface area contributed by atoms with Crippen LogP contribution in [0.2, 0.25) is 18.1 Å². The molecule has 0 radical (unpaired) electrons. The van der Waals surface area contributed by atoms with Gasteiger partial charge in [0.2, 0.25) is 5.78 Å². The molecule has 6 atom stereocenters. The normalized spacial score (nSPS) is 45.8. The maximum Gasteiger partial charge on any atom is 0.204 e. The lowest BCUT2D eigenvalue weighted by molar-refractivity contribution is -0.203. The molecular weight excluding hydrogens is 380 g/mol. The van der Waals surface area contributed by atoms with Gasteiger partial charge >= 0.3 is 0 Å². The van der Waals surface area contributed by atoms with Gasteiger partial charge in [-0.15, -0.1) is 0 Å². The van der Waals surface area contributed by atoms with E-state index in [1.54, 1.807) is 0 Å². The molecule has 1 aromatic rings. The summed E-state index contributed by atoms with van der Waals surface area (Å²) in [5.74, 6) is 0.182. The summed E-state index contributed by atoms with van der Waals surface area (Å²) in [6.45, 7) is 15.7. The zero-order valence-corrected chi connectivity index (χ0v) is 19.8. The molecule has 5 heteroatoms. The number of fused-ring (bicyclic) bond motifs is 3. The fourth-order valence-electron chi connectivity index (χ4n) is 6.15. The van der Waals surface area contributed by atoms with Crippen LogP contribution in [0.25, 0.3) is 0 Å². The molecule has 3 saturated heterocycles. The second kappa shape index (κ2) is 5.42. The number of ketones is 1. The SMILES string of the molecule is CC(C)(C)[Si](C)(C)O[C@@H]1C[C@]2(c3ccccc3)O[C@@]1(C)[C@@H]1CC[C@]3(C)O[C@]13C2=O. The molecular formula is C24H34O4Si. The minimum absolute atomic E-state index is 0.0570. The molecule has 1 aliphatic carbocycles. The van der Waals surface area contributed by atoms with Gasteiger partial charge < -0.3 is 13.9 Å². The first-order chi connectivity index (χ1) is 13.3. The molecule has 0 unspecified atom stereocenters. The molecule has 4 aliphatic rings. The predicted molar refractivity (Wildman–Crippen MR) is 114 cm³/mol. The molecule has 158 valence electrons. The van der Waals surface area contributed by atoms with E-state index >= 15 is 0 Å². The molecule has 4 nitrogen and oxygen atoms in total. The Labute approximate surface area is 175 Å². The Morgan fingerprint density at radius 2 is 1.76 bits per heavy atom. The molecule has 3 heterocycles. The van der Waals surface area contributed by atoms with Crippen LogP contribution in [0.4, 0.5) is 0 Å². The Morgan fingerprint density at radius 1 is 1.10 bits per heavy atom. The second-order valence-electron chi connectivity index (χ2n) is 11.5. The number of carbonyl (C=O) groups is 1. The molecule has 3 aliphatic heterocycles. The third-order valence-electron chi connectivity index (χ3n) is 8.92. The number of rotatable bonds is 3. The summed E-state index contributed by atoms with van der Waals surface area (Å²) in [6.07, 6.45) is 2.35. The first-order valence-electron chi connectivity index (χ1n) is 11.0. The number of hydrogen-bond donors (Lipinski definition) is 0. The van der Waals surface area contributed by atoms with E-state index in [-0.39, 0.29) is 28.4 Å².